The molecule has 4 nitrogen and oxygen atoms in total. The lowest BCUT2D eigenvalue weighted by atomic mass is 10.2. The lowest BCUT2D eigenvalue weighted by Gasteiger charge is -2.12. The van der Waals surface area contributed by atoms with Gasteiger partial charge in [-0.25, -0.2) is 9.18 Å². The minimum atomic E-state index is -0.856. The number of nitrogens with one attached hydrogen (secondary N) is 1. The fraction of sp³-hybridized carbons (Fsp3) is 0.333. The third kappa shape index (κ3) is 3.78. The summed E-state index contributed by atoms with van der Waals surface area (Å²) in [4.78, 5) is 24.0. The Kier molecular flexibility index (Phi) is 4.90. The molecule has 0 aliphatic carbocycles. The van der Waals surface area contributed by atoms with Gasteiger partial charge < -0.3 is 10.1 Å². The summed E-state index contributed by atoms with van der Waals surface area (Å²) in [6, 6.07) is 5.89. The van der Waals surface area contributed by atoms with Gasteiger partial charge in [-0.2, -0.15) is 0 Å². The molecular weight excluding hydrogens is 293 g/mol. The van der Waals surface area contributed by atoms with Crippen LogP contribution < -0.4 is 5.32 Å². The van der Waals surface area contributed by atoms with Gasteiger partial charge in [0.2, 0.25) is 0 Å². The Labute approximate surface area is 125 Å². The van der Waals surface area contributed by atoms with Crippen molar-refractivity contribution in [2.24, 2.45) is 0 Å². The molecule has 0 aliphatic rings. The molecule has 1 amide bonds. The van der Waals surface area contributed by atoms with Crippen LogP contribution in [-0.2, 0) is 9.53 Å². The molecule has 0 fully saturated rings. The molecule has 112 valence electrons. The van der Waals surface area contributed by atoms with E-state index in [1.165, 1.54) is 30.4 Å². The first kappa shape index (κ1) is 15.4. The molecule has 0 bridgehead atoms. The predicted octanol–water partition coefficient (Wildman–Crippen LogP) is 3.11. The Bertz CT molecular complexity index is 668. The molecule has 2 aromatic rings. The van der Waals surface area contributed by atoms with Crippen molar-refractivity contribution < 1.29 is 18.7 Å². The lowest BCUT2D eigenvalue weighted by molar-refractivity contribution is -0.129. The van der Waals surface area contributed by atoms with Crippen molar-refractivity contribution in [2.75, 3.05) is 6.54 Å². The molecule has 21 heavy (non-hydrogen) atoms. The zero-order valence-corrected chi connectivity index (χ0v) is 12.6. The molecule has 0 unspecified atom stereocenters. The average molecular weight is 309 g/mol. The highest BCUT2D eigenvalue weighted by atomic mass is 32.1. The number of esters is 1. The van der Waals surface area contributed by atoms with Crippen molar-refractivity contribution in [2.45, 2.75) is 26.4 Å². The molecule has 1 heterocycles. The fourth-order valence-corrected chi connectivity index (χ4v) is 2.70. The Morgan fingerprint density at radius 3 is 2.86 bits per heavy atom. The van der Waals surface area contributed by atoms with Gasteiger partial charge in [0.15, 0.2) is 6.10 Å². The molecule has 0 saturated heterocycles. The van der Waals surface area contributed by atoms with Crippen molar-refractivity contribution in [3.63, 3.8) is 0 Å². The first-order valence-corrected chi connectivity index (χ1v) is 7.50. The summed E-state index contributed by atoms with van der Waals surface area (Å²) in [5.41, 5.74) is 0. The van der Waals surface area contributed by atoms with E-state index in [-0.39, 0.29) is 11.7 Å². The van der Waals surface area contributed by atoms with Crippen LogP contribution in [0, 0.1) is 5.82 Å². The maximum Gasteiger partial charge on any atom is 0.349 e. The van der Waals surface area contributed by atoms with Crippen LogP contribution in [0.15, 0.2) is 24.3 Å². The number of hydrogen-bond acceptors (Lipinski definition) is 4. The smallest absolute Gasteiger partial charge is 0.349 e. The zero-order chi connectivity index (χ0) is 15.4. The highest BCUT2D eigenvalue weighted by Gasteiger charge is 2.20. The van der Waals surface area contributed by atoms with Gasteiger partial charge in [0.1, 0.15) is 10.7 Å². The third-order valence-corrected chi connectivity index (χ3v) is 3.98. The van der Waals surface area contributed by atoms with Crippen LogP contribution in [-0.4, -0.2) is 24.5 Å². The number of hydrogen-bond donors (Lipinski definition) is 1. The van der Waals surface area contributed by atoms with E-state index >= 15 is 0 Å². The van der Waals surface area contributed by atoms with Crippen molar-refractivity contribution >= 4 is 33.3 Å². The molecule has 0 radical (unpaired) electrons. The van der Waals surface area contributed by atoms with Gasteiger partial charge in [-0.15, -0.1) is 11.3 Å². The first-order valence-electron chi connectivity index (χ1n) is 6.69. The number of carbonyl (C=O) groups excluding carboxylic acids is 2. The summed E-state index contributed by atoms with van der Waals surface area (Å²) in [5, 5.41) is 3.31. The average Bonchev–Trinajstić information content (AvgIpc) is 2.87. The maximum atomic E-state index is 13.1. The van der Waals surface area contributed by atoms with Crippen LogP contribution in [0.5, 0.6) is 0 Å². The van der Waals surface area contributed by atoms with Crippen LogP contribution in [0.2, 0.25) is 0 Å². The molecular formula is C15H16FNO3S. The standard InChI is InChI=1S/C15H16FNO3S/c1-3-6-17-14(18)9(2)20-15(19)13-8-10-7-11(16)4-5-12(10)21-13/h4-5,7-9H,3,6H2,1-2H3,(H,17,18)/t9-/m1/s1. The molecule has 1 aromatic heterocycles. The van der Waals surface area contributed by atoms with E-state index in [0.29, 0.717) is 16.8 Å². The summed E-state index contributed by atoms with van der Waals surface area (Å²) in [6.07, 6.45) is -0.0418. The fourth-order valence-electron chi connectivity index (χ4n) is 1.78. The molecule has 0 saturated carbocycles. The monoisotopic (exact) mass is 309 g/mol. The Hall–Kier alpha value is -1.95. The number of rotatable bonds is 5. The second-order valence-corrected chi connectivity index (χ2v) is 5.72. The second-order valence-electron chi connectivity index (χ2n) is 4.63. The summed E-state index contributed by atoms with van der Waals surface area (Å²) in [5.74, 6) is -1.25. The minimum absolute atomic E-state index is 0.322. The number of amides is 1. The summed E-state index contributed by atoms with van der Waals surface area (Å²) in [6.45, 7) is 4.01. The van der Waals surface area contributed by atoms with Crippen LogP contribution in [0.4, 0.5) is 4.39 Å². The lowest BCUT2D eigenvalue weighted by Crippen LogP contribution is -2.36. The Morgan fingerprint density at radius 1 is 1.38 bits per heavy atom. The van der Waals surface area contributed by atoms with Crippen molar-refractivity contribution in [1.82, 2.24) is 5.32 Å². The van der Waals surface area contributed by atoms with Crippen molar-refractivity contribution in [3.8, 4) is 0 Å². The van der Waals surface area contributed by atoms with Crippen LogP contribution >= 0.6 is 11.3 Å². The minimum Gasteiger partial charge on any atom is -0.448 e. The molecule has 1 N–H and O–H groups in total. The number of carbonyl (C=O) groups is 2. The number of ether oxygens (including phenoxy) is 1. The van der Waals surface area contributed by atoms with Gasteiger partial charge >= 0.3 is 5.97 Å². The molecule has 1 aromatic carbocycles. The Morgan fingerprint density at radius 2 is 2.14 bits per heavy atom. The van der Waals surface area contributed by atoms with Gasteiger partial charge in [-0.05, 0) is 43.0 Å². The molecule has 1 atom stereocenters. The summed E-state index contributed by atoms with van der Waals surface area (Å²) in [7, 11) is 0. The summed E-state index contributed by atoms with van der Waals surface area (Å²) < 4.78 is 19.0. The molecule has 2 rings (SSSR count). The van der Waals surface area contributed by atoms with E-state index in [4.69, 9.17) is 4.74 Å². The van der Waals surface area contributed by atoms with E-state index in [1.54, 1.807) is 12.1 Å². The van der Waals surface area contributed by atoms with Crippen LogP contribution in [0.25, 0.3) is 10.1 Å². The third-order valence-electron chi connectivity index (χ3n) is 2.88. The van der Waals surface area contributed by atoms with E-state index in [2.05, 4.69) is 5.32 Å². The molecule has 0 aliphatic heterocycles. The van der Waals surface area contributed by atoms with Gasteiger partial charge in [0, 0.05) is 11.2 Å². The number of halogens is 1. The number of benzene rings is 1. The zero-order valence-electron chi connectivity index (χ0n) is 11.8. The predicted molar refractivity (Wildman–Crippen MR) is 80.0 cm³/mol. The van der Waals surface area contributed by atoms with Crippen LogP contribution in [0.1, 0.15) is 29.9 Å². The first-order chi connectivity index (χ1) is 10.0. The van der Waals surface area contributed by atoms with Gasteiger partial charge in [0.05, 0.1) is 0 Å². The quantitative estimate of drug-likeness (QED) is 0.863. The van der Waals surface area contributed by atoms with Gasteiger partial charge in [-0.3, -0.25) is 4.79 Å². The number of thiophene rings is 1. The highest BCUT2D eigenvalue weighted by molar-refractivity contribution is 7.20. The topological polar surface area (TPSA) is 55.4 Å². The van der Waals surface area contributed by atoms with E-state index in [0.717, 1.165) is 11.1 Å². The molecule has 0 spiro atoms. The second kappa shape index (κ2) is 6.67. The van der Waals surface area contributed by atoms with Crippen molar-refractivity contribution in [3.05, 3.63) is 35.0 Å². The van der Waals surface area contributed by atoms with E-state index < -0.39 is 12.1 Å². The Balaban J connectivity index is 2.06. The SMILES string of the molecule is CCCNC(=O)[C@@H](C)OC(=O)c1cc2cc(F)ccc2s1. The van der Waals surface area contributed by atoms with E-state index in [1.807, 2.05) is 6.92 Å². The van der Waals surface area contributed by atoms with Gasteiger partial charge in [0.25, 0.3) is 5.91 Å². The van der Waals surface area contributed by atoms with Gasteiger partial charge in [-0.1, -0.05) is 6.92 Å². The maximum absolute atomic E-state index is 13.1. The largest absolute Gasteiger partial charge is 0.448 e. The summed E-state index contributed by atoms with van der Waals surface area (Å²) >= 11 is 1.21. The van der Waals surface area contributed by atoms with Crippen LogP contribution in [0.3, 0.4) is 0 Å². The van der Waals surface area contributed by atoms with Crippen molar-refractivity contribution in [1.29, 1.82) is 0 Å². The van der Waals surface area contributed by atoms with E-state index in [9.17, 15) is 14.0 Å². The molecule has 6 heteroatoms. The number of fused-ring (bicyclic) bond motifs is 1. The normalized spacial score (nSPS) is 12.1. The highest BCUT2D eigenvalue weighted by Crippen LogP contribution is 2.27.